The molecule has 25 heavy (non-hydrogen) atoms. The topological polar surface area (TPSA) is 127 Å². The SMILES string of the molecule is NS(=O)(=O)c1cccc(NCC(=O)NN=Cc2c(Cl)cncc2Cl)c1. The number of hydrogen-bond acceptors (Lipinski definition) is 6. The molecule has 0 saturated carbocycles. The van der Waals surface area contributed by atoms with Crippen LogP contribution in [0.2, 0.25) is 10.0 Å². The number of sulfonamides is 1. The molecule has 0 aliphatic heterocycles. The highest BCUT2D eigenvalue weighted by atomic mass is 35.5. The first-order chi connectivity index (χ1) is 11.8. The molecule has 0 fully saturated rings. The molecule has 0 bridgehead atoms. The summed E-state index contributed by atoms with van der Waals surface area (Å²) >= 11 is 11.8. The second-order valence-corrected chi connectivity index (χ2v) is 7.11. The summed E-state index contributed by atoms with van der Waals surface area (Å²) in [5, 5.41) is 12.2. The van der Waals surface area contributed by atoms with Crippen molar-refractivity contribution in [2.24, 2.45) is 10.2 Å². The number of primary sulfonamides is 1. The minimum atomic E-state index is -3.81. The van der Waals surface area contributed by atoms with Gasteiger partial charge in [0.25, 0.3) is 5.91 Å². The van der Waals surface area contributed by atoms with Crippen molar-refractivity contribution < 1.29 is 13.2 Å². The van der Waals surface area contributed by atoms with Crippen molar-refractivity contribution in [3.63, 3.8) is 0 Å². The van der Waals surface area contributed by atoms with Crippen LogP contribution in [0.15, 0.2) is 46.7 Å². The summed E-state index contributed by atoms with van der Waals surface area (Å²) in [5.74, 6) is -0.460. The molecule has 0 unspecified atom stereocenters. The fourth-order valence-corrected chi connectivity index (χ4v) is 2.74. The Morgan fingerprint density at radius 2 is 1.96 bits per heavy atom. The quantitative estimate of drug-likeness (QED) is 0.500. The van der Waals surface area contributed by atoms with E-state index in [9.17, 15) is 13.2 Å². The lowest BCUT2D eigenvalue weighted by Gasteiger charge is -2.07. The Morgan fingerprint density at radius 3 is 2.60 bits per heavy atom. The lowest BCUT2D eigenvalue weighted by atomic mass is 10.3. The smallest absolute Gasteiger partial charge is 0.259 e. The zero-order valence-electron chi connectivity index (χ0n) is 12.6. The van der Waals surface area contributed by atoms with Gasteiger partial charge in [-0.3, -0.25) is 9.78 Å². The normalized spacial score (nSPS) is 11.5. The number of carbonyl (C=O) groups excluding carboxylic acids is 1. The number of rotatable bonds is 6. The fraction of sp³-hybridized carbons (Fsp3) is 0.0714. The summed E-state index contributed by atoms with van der Waals surface area (Å²) < 4.78 is 22.6. The molecule has 2 aromatic rings. The number of hydrazone groups is 1. The molecule has 4 N–H and O–H groups in total. The van der Waals surface area contributed by atoms with E-state index in [4.69, 9.17) is 28.3 Å². The van der Waals surface area contributed by atoms with Gasteiger partial charge in [-0.05, 0) is 18.2 Å². The molecular weight excluding hydrogens is 389 g/mol. The highest BCUT2D eigenvalue weighted by Crippen LogP contribution is 2.20. The fourth-order valence-electron chi connectivity index (χ4n) is 1.72. The predicted octanol–water partition coefficient (Wildman–Crippen LogP) is 1.60. The first kappa shape index (κ1) is 19.1. The van der Waals surface area contributed by atoms with E-state index < -0.39 is 15.9 Å². The van der Waals surface area contributed by atoms with Gasteiger partial charge < -0.3 is 5.32 Å². The Balaban J connectivity index is 1.92. The van der Waals surface area contributed by atoms with Gasteiger partial charge in [0.2, 0.25) is 10.0 Å². The summed E-state index contributed by atoms with van der Waals surface area (Å²) in [6, 6.07) is 5.78. The number of nitrogens with zero attached hydrogens (tertiary/aromatic N) is 2. The monoisotopic (exact) mass is 401 g/mol. The second kappa shape index (κ2) is 8.26. The molecule has 0 radical (unpaired) electrons. The molecule has 0 spiro atoms. The average molecular weight is 402 g/mol. The van der Waals surface area contributed by atoms with Crippen molar-refractivity contribution >= 4 is 51.0 Å². The third-order valence-corrected chi connectivity index (χ3v) is 4.40. The summed E-state index contributed by atoms with van der Waals surface area (Å²) in [4.78, 5) is 15.5. The summed E-state index contributed by atoms with van der Waals surface area (Å²) in [7, 11) is -3.81. The number of halogens is 2. The Hall–Kier alpha value is -2.20. The van der Waals surface area contributed by atoms with Crippen LogP contribution in [0.3, 0.4) is 0 Å². The number of amides is 1. The number of nitrogens with one attached hydrogen (secondary N) is 2. The van der Waals surface area contributed by atoms with Crippen molar-refractivity contribution in [3.8, 4) is 0 Å². The minimum Gasteiger partial charge on any atom is -0.376 e. The van der Waals surface area contributed by atoms with E-state index in [0.717, 1.165) is 0 Å². The van der Waals surface area contributed by atoms with Gasteiger partial charge in [-0.15, -0.1) is 0 Å². The van der Waals surface area contributed by atoms with Crippen LogP contribution in [0.5, 0.6) is 0 Å². The van der Waals surface area contributed by atoms with Crippen LogP contribution in [0.25, 0.3) is 0 Å². The Morgan fingerprint density at radius 1 is 1.28 bits per heavy atom. The van der Waals surface area contributed by atoms with Crippen LogP contribution in [0.4, 0.5) is 5.69 Å². The molecule has 0 aliphatic rings. The molecule has 1 aromatic carbocycles. The molecule has 132 valence electrons. The van der Waals surface area contributed by atoms with E-state index in [2.05, 4.69) is 20.8 Å². The summed E-state index contributed by atoms with van der Waals surface area (Å²) in [6.45, 7) is -0.136. The van der Waals surface area contributed by atoms with Crippen LogP contribution in [-0.2, 0) is 14.8 Å². The van der Waals surface area contributed by atoms with Crippen LogP contribution < -0.4 is 15.9 Å². The van der Waals surface area contributed by atoms with Crippen LogP contribution in [-0.4, -0.2) is 32.1 Å². The Labute approximate surface area is 154 Å². The zero-order valence-corrected chi connectivity index (χ0v) is 14.9. The maximum atomic E-state index is 11.7. The molecule has 11 heteroatoms. The number of aromatic nitrogens is 1. The van der Waals surface area contributed by atoms with Gasteiger partial charge in [0.05, 0.1) is 27.7 Å². The molecule has 0 aliphatic carbocycles. The van der Waals surface area contributed by atoms with Crippen molar-refractivity contribution in [3.05, 3.63) is 52.3 Å². The number of benzene rings is 1. The first-order valence-electron chi connectivity index (χ1n) is 6.75. The number of nitrogens with two attached hydrogens (primary N) is 1. The van der Waals surface area contributed by atoms with E-state index in [0.29, 0.717) is 21.3 Å². The number of pyridine rings is 1. The summed E-state index contributed by atoms with van der Waals surface area (Å²) in [6.07, 6.45) is 4.10. The number of anilines is 1. The first-order valence-corrected chi connectivity index (χ1v) is 9.05. The van der Waals surface area contributed by atoms with E-state index in [-0.39, 0.29) is 11.4 Å². The van der Waals surface area contributed by atoms with Crippen molar-refractivity contribution in [1.29, 1.82) is 0 Å². The van der Waals surface area contributed by atoms with Crippen LogP contribution >= 0.6 is 23.2 Å². The highest BCUT2D eigenvalue weighted by molar-refractivity contribution is 7.89. The van der Waals surface area contributed by atoms with Gasteiger partial charge >= 0.3 is 0 Å². The second-order valence-electron chi connectivity index (χ2n) is 4.74. The predicted molar refractivity (Wildman–Crippen MR) is 96.3 cm³/mol. The van der Waals surface area contributed by atoms with Gasteiger partial charge in [-0.1, -0.05) is 29.3 Å². The standard InChI is InChI=1S/C14H13Cl2N5O3S/c15-12-6-18-7-13(16)11(12)5-20-21-14(22)8-19-9-2-1-3-10(4-9)25(17,23)24/h1-7,19H,8H2,(H,21,22)(H2,17,23,24). The van der Waals surface area contributed by atoms with Crippen LogP contribution in [0, 0.1) is 0 Å². The third kappa shape index (κ3) is 5.68. The molecule has 1 amide bonds. The third-order valence-electron chi connectivity index (χ3n) is 2.89. The summed E-state index contributed by atoms with van der Waals surface area (Å²) in [5.41, 5.74) is 3.13. The Kier molecular flexibility index (Phi) is 6.32. The molecule has 1 aromatic heterocycles. The van der Waals surface area contributed by atoms with E-state index >= 15 is 0 Å². The van der Waals surface area contributed by atoms with E-state index in [1.54, 1.807) is 6.07 Å². The van der Waals surface area contributed by atoms with Crippen molar-refractivity contribution in [2.45, 2.75) is 4.90 Å². The van der Waals surface area contributed by atoms with Gasteiger partial charge in [-0.25, -0.2) is 19.0 Å². The van der Waals surface area contributed by atoms with Crippen molar-refractivity contribution in [1.82, 2.24) is 10.4 Å². The lowest BCUT2D eigenvalue weighted by molar-refractivity contribution is -0.119. The highest BCUT2D eigenvalue weighted by Gasteiger charge is 2.08. The van der Waals surface area contributed by atoms with Gasteiger partial charge in [0.15, 0.2) is 0 Å². The zero-order chi connectivity index (χ0) is 18.4. The minimum absolute atomic E-state index is 0.0575. The molecule has 8 nitrogen and oxygen atoms in total. The lowest BCUT2D eigenvalue weighted by Crippen LogP contribution is -2.26. The largest absolute Gasteiger partial charge is 0.376 e. The maximum Gasteiger partial charge on any atom is 0.259 e. The van der Waals surface area contributed by atoms with Crippen molar-refractivity contribution in [2.75, 3.05) is 11.9 Å². The Bertz CT molecular complexity index is 898. The van der Waals surface area contributed by atoms with E-state index in [1.807, 2.05) is 0 Å². The molecular formula is C14H13Cl2N5O3S. The van der Waals surface area contributed by atoms with Crippen LogP contribution in [0.1, 0.15) is 5.56 Å². The molecule has 1 heterocycles. The van der Waals surface area contributed by atoms with Gasteiger partial charge in [-0.2, -0.15) is 5.10 Å². The average Bonchev–Trinajstić information content (AvgIpc) is 2.55. The molecule has 0 saturated heterocycles. The number of hydrogen-bond donors (Lipinski definition) is 3. The number of carbonyl (C=O) groups is 1. The molecule has 2 rings (SSSR count). The maximum absolute atomic E-state index is 11.7. The van der Waals surface area contributed by atoms with Gasteiger partial charge in [0, 0.05) is 23.6 Å². The molecule has 0 atom stereocenters. The van der Waals surface area contributed by atoms with E-state index in [1.165, 1.54) is 36.8 Å². The van der Waals surface area contributed by atoms with Gasteiger partial charge in [0.1, 0.15) is 0 Å².